The van der Waals surface area contributed by atoms with Gasteiger partial charge in [0.25, 0.3) is 0 Å². The van der Waals surface area contributed by atoms with Gasteiger partial charge in [-0.2, -0.15) is 0 Å². The van der Waals surface area contributed by atoms with Crippen LogP contribution in [0.25, 0.3) is 0 Å². The average Bonchev–Trinajstić information content (AvgIpc) is 3.32. The molecule has 1 heterocycles. The van der Waals surface area contributed by atoms with E-state index in [9.17, 15) is 18.8 Å². The molecule has 25 heavy (non-hydrogen) atoms. The second-order valence-corrected chi connectivity index (χ2v) is 6.24. The summed E-state index contributed by atoms with van der Waals surface area (Å²) in [6.07, 6.45) is 1.43. The average molecular weight is 350 g/mol. The standard InChI is InChI=1S/C17H19FN2O5/c1-10(21)19-7-13-9-25-17(23)20(13)12-4-5-14(15(18)6-12)16(22)24-8-11-2-3-11/h4-6,11,13H,2-3,7-9H2,1H3,(H,19,21). The molecule has 1 unspecified atom stereocenters. The number of nitrogens with one attached hydrogen (secondary N) is 1. The van der Waals surface area contributed by atoms with Crippen LogP contribution >= 0.6 is 0 Å². The lowest BCUT2D eigenvalue weighted by Crippen LogP contribution is -2.42. The van der Waals surface area contributed by atoms with Crippen molar-refractivity contribution in [3.8, 4) is 0 Å². The number of rotatable bonds is 6. The van der Waals surface area contributed by atoms with Gasteiger partial charge in [-0.3, -0.25) is 9.69 Å². The summed E-state index contributed by atoms with van der Waals surface area (Å²) in [6, 6.07) is 3.41. The predicted molar refractivity (Wildman–Crippen MR) is 85.7 cm³/mol. The minimum absolute atomic E-state index is 0.0892. The number of esters is 1. The Morgan fingerprint density at radius 2 is 2.16 bits per heavy atom. The van der Waals surface area contributed by atoms with Crippen molar-refractivity contribution < 1.29 is 28.2 Å². The lowest BCUT2D eigenvalue weighted by Gasteiger charge is -2.21. The molecule has 1 aliphatic heterocycles. The van der Waals surface area contributed by atoms with Crippen molar-refractivity contribution >= 4 is 23.7 Å². The molecule has 1 aliphatic carbocycles. The van der Waals surface area contributed by atoms with E-state index in [0.717, 1.165) is 18.9 Å². The van der Waals surface area contributed by atoms with Crippen molar-refractivity contribution in [1.29, 1.82) is 0 Å². The zero-order valence-corrected chi connectivity index (χ0v) is 13.8. The Bertz CT molecular complexity index is 704. The maximum Gasteiger partial charge on any atom is 0.414 e. The lowest BCUT2D eigenvalue weighted by atomic mass is 10.1. The summed E-state index contributed by atoms with van der Waals surface area (Å²) in [4.78, 5) is 36.2. The summed E-state index contributed by atoms with van der Waals surface area (Å²) in [5.74, 6) is -1.33. The molecule has 1 aromatic carbocycles. The summed E-state index contributed by atoms with van der Waals surface area (Å²) < 4.78 is 24.4. The highest BCUT2D eigenvalue weighted by molar-refractivity contribution is 5.93. The highest BCUT2D eigenvalue weighted by Gasteiger charge is 2.35. The first-order chi connectivity index (χ1) is 12.0. The van der Waals surface area contributed by atoms with Gasteiger partial charge in [0.15, 0.2) is 0 Å². The van der Waals surface area contributed by atoms with Crippen molar-refractivity contribution in [1.82, 2.24) is 5.32 Å². The number of carbonyl (C=O) groups is 3. The van der Waals surface area contributed by atoms with E-state index in [2.05, 4.69) is 5.32 Å². The van der Waals surface area contributed by atoms with Crippen LogP contribution in [0.15, 0.2) is 18.2 Å². The van der Waals surface area contributed by atoms with Gasteiger partial charge in [-0.05, 0) is 37.0 Å². The van der Waals surface area contributed by atoms with Crippen molar-refractivity contribution in [3.05, 3.63) is 29.6 Å². The van der Waals surface area contributed by atoms with Gasteiger partial charge < -0.3 is 14.8 Å². The van der Waals surface area contributed by atoms with Crippen LogP contribution in [0.3, 0.4) is 0 Å². The molecule has 1 saturated carbocycles. The Morgan fingerprint density at radius 1 is 1.40 bits per heavy atom. The van der Waals surface area contributed by atoms with Crippen molar-refractivity contribution in [2.75, 3.05) is 24.7 Å². The molecule has 0 bridgehead atoms. The van der Waals surface area contributed by atoms with Gasteiger partial charge in [0, 0.05) is 13.5 Å². The van der Waals surface area contributed by atoms with E-state index in [4.69, 9.17) is 9.47 Å². The second kappa shape index (κ2) is 7.08. The topological polar surface area (TPSA) is 84.9 Å². The molecule has 8 heteroatoms. The fraction of sp³-hybridized carbons (Fsp3) is 0.471. The summed E-state index contributed by atoms with van der Waals surface area (Å²) in [6.45, 7) is 1.95. The Kier molecular flexibility index (Phi) is 4.87. The molecule has 2 fully saturated rings. The molecule has 134 valence electrons. The Morgan fingerprint density at radius 3 is 2.80 bits per heavy atom. The molecule has 0 aromatic heterocycles. The predicted octanol–water partition coefficient (Wildman–Crippen LogP) is 1.85. The number of hydrogen-bond acceptors (Lipinski definition) is 5. The van der Waals surface area contributed by atoms with E-state index in [1.807, 2.05) is 0 Å². The molecule has 0 spiro atoms. The summed E-state index contributed by atoms with van der Waals surface area (Å²) in [5.41, 5.74) is 0.0875. The Balaban J connectivity index is 1.72. The molecular formula is C17H19FN2O5. The van der Waals surface area contributed by atoms with Crippen LogP contribution in [0.4, 0.5) is 14.9 Å². The van der Waals surface area contributed by atoms with Crippen LogP contribution in [-0.2, 0) is 14.3 Å². The second-order valence-electron chi connectivity index (χ2n) is 6.24. The summed E-state index contributed by atoms with van der Waals surface area (Å²) in [7, 11) is 0. The SMILES string of the molecule is CC(=O)NCC1COC(=O)N1c1ccc(C(=O)OCC2CC2)c(F)c1. The van der Waals surface area contributed by atoms with E-state index < -0.39 is 23.9 Å². The fourth-order valence-electron chi connectivity index (χ4n) is 2.56. The maximum atomic E-state index is 14.3. The van der Waals surface area contributed by atoms with Gasteiger partial charge in [0.1, 0.15) is 12.4 Å². The zero-order chi connectivity index (χ0) is 18.0. The van der Waals surface area contributed by atoms with Crippen LogP contribution in [0.2, 0.25) is 0 Å². The van der Waals surface area contributed by atoms with Gasteiger partial charge in [-0.15, -0.1) is 0 Å². The van der Waals surface area contributed by atoms with Crippen LogP contribution in [0.1, 0.15) is 30.1 Å². The highest BCUT2D eigenvalue weighted by Crippen LogP contribution is 2.30. The maximum absolute atomic E-state index is 14.3. The van der Waals surface area contributed by atoms with Gasteiger partial charge in [-0.25, -0.2) is 14.0 Å². The van der Waals surface area contributed by atoms with Gasteiger partial charge in [0.05, 0.1) is 23.9 Å². The number of cyclic esters (lactones) is 1. The zero-order valence-electron chi connectivity index (χ0n) is 13.8. The monoisotopic (exact) mass is 350 g/mol. The van der Waals surface area contributed by atoms with Crippen LogP contribution < -0.4 is 10.2 Å². The number of nitrogens with zero attached hydrogens (tertiary/aromatic N) is 1. The molecule has 2 amide bonds. The third-order valence-corrected chi connectivity index (χ3v) is 4.15. The van der Waals surface area contributed by atoms with E-state index in [1.165, 1.54) is 24.0 Å². The number of ether oxygens (including phenoxy) is 2. The van der Waals surface area contributed by atoms with Crippen LogP contribution in [-0.4, -0.2) is 43.8 Å². The van der Waals surface area contributed by atoms with E-state index in [-0.39, 0.29) is 30.3 Å². The Labute approximate surface area is 144 Å². The fourth-order valence-corrected chi connectivity index (χ4v) is 2.56. The number of anilines is 1. The van der Waals surface area contributed by atoms with Gasteiger partial charge in [0.2, 0.25) is 5.91 Å². The minimum atomic E-state index is -0.767. The number of hydrogen-bond donors (Lipinski definition) is 1. The smallest absolute Gasteiger partial charge is 0.414 e. The molecule has 1 atom stereocenters. The normalized spacial score (nSPS) is 19.5. The first kappa shape index (κ1) is 17.2. The molecule has 1 saturated heterocycles. The lowest BCUT2D eigenvalue weighted by molar-refractivity contribution is -0.119. The van der Waals surface area contributed by atoms with E-state index in [0.29, 0.717) is 12.5 Å². The number of carbonyl (C=O) groups excluding carboxylic acids is 3. The quantitative estimate of drug-likeness (QED) is 0.792. The van der Waals surface area contributed by atoms with Crippen molar-refractivity contribution in [3.63, 3.8) is 0 Å². The van der Waals surface area contributed by atoms with E-state index in [1.54, 1.807) is 0 Å². The first-order valence-corrected chi connectivity index (χ1v) is 8.13. The third kappa shape index (κ3) is 4.07. The summed E-state index contributed by atoms with van der Waals surface area (Å²) >= 11 is 0. The number of amides is 2. The molecule has 2 aliphatic rings. The molecule has 1 aromatic rings. The van der Waals surface area contributed by atoms with Crippen molar-refractivity contribution in [2.45, 2.75) is 25.8 Å². The molecule has 0 radical (unpaired) electrons. The molecule has 3 rings (SSSR count). The third-order valence-electron chi connectivity index (χ3n) is 4.15. The van der Waals surface area contributed by atoms with Crippen LogP contribution in [0, 0.1) is 11.7 Å². The number of halogens is 1. The largest absolute Gasteiger partial charge is 0.462 e. The summed E-state index contributed by atoms with van der Waals surface area (Å²) in [5, 5.41) is 2.60. The highest BCUT2D eigenvalue weighted by atomic mass is 19.1. The minimum Gasteiger partial charge on any atom is -0.462 e. The molecule has 1 N–H and O–H groups in total. The van der Waals surface area contributed by atoms with Crippen LogP contribution in [0.5, 0.6) is 0 Å². The van der Waals surface area contributed by atoms with E-state index >= 15 is 0 Å². The molecule has 7 nitrogen and oxygen atoms in total. The Hall–Kier alpha value is -2.64. The van der Waals surface area contributed by atoms with Gasteiger partial charge in [-0.1, -0.05) is 0 Å². The number of benzene rings is 1. The first-order valence-electron chi connectivity index (χ1n) is 8.13. The molecular weight excluding hydrogens is 331 g/mol. The van der Waals surface area contributed by atoms with Gasteiger partial charge >= 0.3 is 12.1 Å². The van der Waals surface area contributed by atoms with Crippen molar-refractivity contribution in [2.24, 2.45) is 5.92 Å².